The lowest BCUT2D eigenvalue weighted by Crippen LogP contribution is -2.27. The molecule has 1 N–H and O–H groups in total. The van der Waals surface area contributed by atoms with E-state index in [0.717, 1.165) is 5.56 Å². The van der Waals surface area contributed by atoms with E-state index >= 15 is 0 Å². The van der Waals surface area contributed by atoms with Crippen molar-refractivity contribution in [3.8, 4) is 0 Å². The molecular formula is C10H13ClN2O2. The van der Waals surface area contributed by atoms with Gasteiger partial charge in [0, 0.05) is 6.20 Å². The highest BCUT2D eigenvalue weighted by molar-refractivity contribution is 6.32. The maximum absolute atomic E-state index is 11.2. The molecule has 0 aliphatic carbocycles. The van der Waals surface area contributed by atoms with Crippen LogP contribution in [0.1, 0.15) is 12.5 Å². The number of halogens is 1. The SMILES string of the molecule is COC(=O)C(C)Nc1c(C)ccnc1Cl. The Morgan fingerprint density at radius 3 is 2.87 bits per heavy atom. The average molecular weight is 229 g/mol. The molecule has 4 nitrogen and oxygen atoms in total. The third kappa shape index (κ3) is 2.83. The molecule has 0 aromatic carbocycles. The second-order valence-electron chi connectivity index (χ2n) is 3.18. The van der Waals surface area contributed by atoms with Gasteiger partial charge in [-0.3, -0.25) is 0 Å². The zero-order valence-electron chi connectivity index (χ0n) is 8.87. The molecule has 1 rings (SSSR count). The molecule has 0 bridgehead atoms. The van der Waals surface area contributed by atoms with Crippen molar-refractivity contribution in [2.75, 3.05) is 12.4 Å². The van der Waals surface area contributed by atoms with Crippen molar-refractivity contribution in [3.05, 3.63) is 23.0 Å². The first-order valence-corrected chi connectivity index (χ1v) is 4.89. The quantitative estimate of drug-likeness (QED) is 0.635. The zero-order chi connectivity index (χ0) is 11.4. The van der Waals surface area contributed by atoms with Gasteiger partial charge in [0.2, 0.25) is 0 Å². The number of nitrogens with zero attached hydrogens (tertiary/aromatic N) is 1. The van der Waals surface area contributed by atoms with Crippen LogP contribution in [0.25, 0.3) is 0 Å². The van der Waals surface area contributed by atoms with Crippen molar-refractivity contribution in [3.63, 3.8) is 0 Å². The zero-order valence-corrected chi connectivity index (χ0v) is 9.63. The van der Waals surface area contributed by atoms with Crippen molar-refractivity contribution in [1.82, 2.24) is 4.98 Å². The molecule has 1 aromatic rings. The molecule has 82 valence electrons. The fourth-order valence-corrected chi connectivity index (χ4v) is 1.41. The molecule has 0 spiro atoms. The Kier molecular flexibility index (Phi) is 3.91. The van der Waals surface area contributed by atoms with Gasteiger partial charge in [-0.1, -0.05) is 11.6 Å². The molecule has 0 saturated carbocycles. The van der Waals surface area contributed by atoms with Gasteiger partial charge in [-0.2, -0.15) is 0 Å². The molecule has 1 unspecified atom stereocenters. The summed E-state index contributed by atoms with van der Waals surface area (Å²) < 4.78 is 4.60. The van der Waals surface area contributed by atoms with Gasteiger partial charge in [-0.05, 0) is 25.5 Å². The standard InChI is InChI=1S/C10H13ClN2O2/c1-6-4-5-12-9(11)8(6)13-7(2)10(14)15-3/h4-5,7,13H,1-3H3. The lowest BCUT2D eigenvalue weighted by atomic mass is 10.2. The van der Waals surface area contributed by atoms with E-state index in [0.29, 0.717) is 10.8 Å². The van der Waals surface area contributed by atoms with Crippen LogP contribution in [0.15, 0.2) is 12.3 Å². The summed E-state index contributed by atoms with van der Waals surface area (Å²) in [7, 11) is 1.35. The monoisotopic (exact) mass is 228 g/mol. The van der Waals surface area contributed by atoms with Crippen LogP contribution in [0.2, 0.25) is 5.15 Å². The lowest BCUT2D eigenvalue weighted by molar-refractivity contribution is -0.141. The third-order valence-electron chi connectivity index (χ3n) is 2.03. The predicted octanol–water partition coefficient (Wildman–Crippen LogP) is 2.02. The van der Waals surface area contributed by atoms with Gasteiger partial charge in [0.15, 0.2) is 5.15 Å². The lowest BCUT2D eigenvalue weighted by Gasteiger charge is -2.15. The first-order chi connectivity index (χ1) is 7.06. The Balaban J connectivity index is 2.85. The smallest absolute Gasteiger partial charge is 0.327 e. The molecule has 15 heavy (non-hydrogen) atoms. The van der Waals surface area contributed by atoms with E-state index in [1.54, 1.807) is 13.1 Å². The minimum Gasteiger partial charge on any atom is -0.467 e. The molecule has 1 heterocycles. The van der Waals surface area contributed by atoms with Crippen molar-refractivity contribution in [1.29, 1.82) is 0 Å². The molecule has 0 amide bonds. The summed E-state index contributed by atoms with van der Waals surface area (Å²) in [4.78, 5) is 15.1. The van der Waals surface area contributed by atoms with Gasteiger partial charge in [0.05, 0.1) is 12.8 Å². The van der Waals surface area contributed by atoms with Crippen molar-refractivity contribution >= 4 is 23.3 Å². The molecule has 0 aliphatic heterocycles. The molecular weight excluding hydrogens is 216 g/mol. The van der Waals surface area contributed by atoms with Crippen LogP contribution in [-0.2, 0) is 9.53 Å². The summed E-state index contributed by atoms with van der Waals surface area (Å²) in [5.41, 5.74) is 1.60. The Bertz CT molecular complexity index is 348. The number of esters is 1. The van der Waals surface area contributed by atoms with Crippen LogP contribution >= 0.6 is 11.6 Å². The van der Waals surface area contributed by atoms with Crippen molar-refractivity contribution in [2.45, 2.75) is 19.9 Å². The summed E-state index contributed by atoms with van der Waals surface area (Å²) in [6.07, 6.45) is 1.62. The van der Waals surface area contributed by atoms with Crippen molar-refractivity contribution in [2.24, 2.45) is 0 Å². The number of carbonyl (C=O) groups excluding carboxylic acids is 1. The summed E-state index contributed by atoms with van der Waals surface area (Å²) in [6.45, 7) is 3.59. The number of ether oxygens (including phenoxy) is 1. The fraction of sp³-hybridized carbons (Fsp3) is 0.400. The van der Waals surface area contributed by atoms with E-state index < -0.39 is 6.04 Å². The Labute approximate surface area is 93.6 Å². The number of carbonyl (C=O) groups is 1. The van der Waals surface area contributed by atoms with E-state index in [9.17, 15) is 4.79 Å². The van der Waals surface area contributed by atoms with Gasteiger partial charge < -0.3 is 10.1 Å². The largest absolute Gasteiger partial charge is 0.467 e. The molecule has 0 fully saturated rings. The van der Waals surface area contributed by atoms with Crippen molar-refractivity contribution < 1.29 is 9.53 Å². The maximum Gasteiger partial charge on any atom is 0.327 e. The van der Waals surface area contributed by atoms with Gasteiger partial charge in [-0.25, -0.2) is 9.78 Å². The molecule has 1 aromatic heterocycles. The number of aromatic nitrogens is 1. The summed E-state index contributed by atoms with van der Waals surface area (Å²) in [5.74, 6) is -0.339. The van der Waals surface area contributed by atoms with Gasteiger partial charge in [-0.15, -0.1) is 0 Å². The highest BCUT2D eigenvalue weighted by Gasteiger charge is 2.15. The van der Waals surface area contributed by atoms with Crippen LogP contribution in [0.3, 0.4) is 0 Å². The maximum atomic E-state index is 11.2. The Morgan fingerprint density at radius 1 is 1.67 bits per heavy atom. The molecule has 0 aliphatic rings. The topological polar surface area (TPSA) is 51.2 Å². The van der Waals surface area contributed by atoms with Crippen LogP contribution < -0.4 is 5.32 Å². The Morgan fingerprint density at radius 2 is 2.33 bits per heavy atom. The molecule has 0 saturated heterocycles. The number of rotatable bonds is 3. The number of methoxy groups -OCH3 is 1. The third-order valence-corrected chi connectivity index (χ3v) is 2.32. The minimum absolute atomic E-state index is 0.339. The van der Waals surface area contributed by atoms with E-state index in [2.05, 4.69) is 15.0 Å². The van der Waals surface area contributed by atoms with Gasteiger partial charge >= 0.3 is 5.97 Å². The van der Waals surface area contributed by atoms with E-state index in [4.69, 9.17) is 11.6 Å². The minimum atomic E-state index is -0.449. The van der Waals surface area contributed by atoms with Crippen LogP contribution in [-0.4, -0.2) is 24.1 Å². The van der Waals surface area contributed by atoms with Gasteiger partial charge in [0.25, 0.3) is 0 Å². The predicted molar refractivity (Wildman–Crippen MR) is 59.1 cm³/mol. The highest BCUT2D eigenvalue weighted by Crippen LogP contribution is 2.23. The molecule has 5 heteroatoms. The number of hydrogen-bond donors (Lipinski definition) is 1. The van der Waals surface area contributed by atoms with E-state index in [-0.39, 0.29) is 5.97 Å². The van der Waals surface area contributed by atoms with E-state index in [1.165, 1.54) is 7.11 Å². The normalized spacial score (nSPS) is 12.0. The first-order valence-electron chi connectivity index (χ1n) is 4.51. The van der Waals surface area contributed by atoms with Crippen LogP contribution in [0.4, 0.5) is 5.69 Å². The summed E-state index contributed by atoms with van der Waals surface area (Å²) in [5, 5.41) is 3.31. The average Bonchev–Trinajstić information content (AvgIpc) is 2.22. The fourth-order valence-electron chi connectivity index (χ4n) is 1.15. The van der Waals surface area contributed by atoms with E-state index in [1.807, 2.05) is 13.0 Å². The number of pyridine rings is 1. The second-order valence-corrected chi connectivity index (χ2v) is 3.54. The summed E-state index contributed by atoms with van der Waals surface area (Å²) >= 11 is 5.90. The number of anilines is 1. The number of aryl methyl sites for hydroxylation is 1. The number of nitrogens with one attached hydrogen (secondary N) is 1. The van der Waals surface area contributed by atoms with Crippen LogP contribution in [0.5, 0.6) is 0 Å². The molecule has 1 atom stereocenters. The van der Waals surface area contributed by atoms with Gasteiger partial charge in [0.1, 0.15) is 6.04 Å². The first kappa shape index (κ1) is 11.8. The summed E-state index contributed by atoms with van der Waals surface area (Å²) in [6, 6.07) is 1.37. The van der Waals surface area contributed by atoms with Crippen LogP contribution in [0, 0.1) is 6.92 Å². The molecule has 0 radical (unpaired) electrons. The highest BCUT2D eigenvalue weighted by atomic mass is 35.5. The second kappa shape index (κ2) is 4.98. The Hall–Kier alpha value is -1.29. The number of hydrogen-bond acceptors (Lipinski definition) is 4.